The Hall–Kier alpha value is -2.34. The van der Waals surface area contributed by atoms with Gasteiger partial charge in [0.05, 0.1) is 34.8 Å². The summed E-state index contributed by atoms with van der Waals surface area (Å²) in [5.41, 5.74) is 2.29. The van der Waals surface area contributed by atoms with Crippen molar-refractivity contribution in [1.82, 2.24) is 14.4 Å². The predicted molar refractivity (Wildman–Crippen MR) is 105 cm³/mol. The van der Waals surface area contributed by atoms with Gasteiger partial charge in [0.2, 0.25) is 0 Å². The van der Waals surface area contributed by atoms with Gasteiger partial charge < -0.3 is 10.1 Å². The molecule has 27 heavy (non-hydrogen) atoms. The van der Waals surface area contributed by atoms with Gasteiger partial charge >= 0.3 is 0 Å². The summed E-state index contributed by atoms with van der Waals surface area (Å²) >= 11 is 6.38. The summed E-state index contributed by atoms with van der Waals surface area (Å²) in [5, 5.41) is 3.73. The molecule has 3 aromatic heterocycles. The SMILES string of the molecule is CC(C)Oc1cc2ncc(-c3cccc(N[C@H]4CCC[C@@H]4F)n3)n2cc1Cl. The minimum absolute atomic E-state index is 0.0266. The second-order valence-electron chi connectivity index (χ2n) is 7.13. The fraction of sp³-hybridized carbons (Fsp3) is 0.400. The fourth-order valence-corrected chi connectivity index (χ4v) is 3.64. The van der Waals surface area contributed by atoms with E-state index < -0.39 is 6.17 Å². The van der Waals surface area contributed by atoms with Crippen LogP contribution in [0.4, 0.5) is 10.2 Å². The lowest BCUT2D eigenvalue weighted by atomic mass is 10.2. The zero-order valence-corrected chi connectivity index (χ0v) is 16.1. The number of nitrogens with one attached hydrogen (secondary N) is 1. The zero-order valence-electron chi connectivity index (χ0n) is 15.3. The van der Waals surface area contributed by atoms with Crippen molar-refractivity contribution in [2.75, 3.05) is 5.32 Å². The van der Waals surface area contributed by atoms with Gasteiger partial charge in [-0.25, -0.2) is 14.4 Å². The Morgan fingerprint density at radius 2 is 2.19 bits per heavy atom. The van der Waals surface area contributed by atoms with Crippen molar-refractivity contribution < 1.29 is 9.13 Å². The highest BCUT2D eigenvalue weighted by atomic mass is 35.5. The first kappa shape index (κ1) is 18.0. The third-order valence-electron chi connectivity index (χ3n) is 4.70. The first-order chi connectivity index (χ1) is 13.0. The first-order valence-corrected chi connectivity index (χ1v) is 9.60. The average molecular weight is 389 g/mol. The van der Waals surface area contributed by atoms with Crippen LogP contribution in [-0.2, 0) is 0 Å². The molecule has 0 radical (unpaired) electrons. The van der Waals surface area contributed by atoms with E-state index in [4.69, 9.17) is 16.3 Å². The van der Waals surface area contributed by atoms with Crippen LogP contribution in [0.1, 0.15) is 33.1 Å². The van der Waals surface area contributed by atoms with Crippen molar-refractivity contribution in [1.29, 1.82) is 0 Å². The maximum absolute atomic E-state index is 13.9. The lowest BCUT2D eigenvalue weighted by Crippen LogP contribution is -2.25. The van der Waals surface area contributed by atoms with Crippen molar-refractivity contribution in [2.24, 2.45) is 0 Å². The second kappa shape index (κ2) is 7.35. The van der Waals surface area contributed by atoms with Gasteiger partial charge in [0, 0.05) is 12.3 Å². The Balaban J connectivity index is 1.66. The van der Waals surface area contributed by atoms with Crippen molar-refractivity contribution in [3.63, 3.8) is 0 Å². The van der Waals surface area contributed by atoms with E-state index in [1.165, 1.54) is 0 Å². The molecule has 1 N–H and O–H groups in total. The third kappa shape index (κ3) is 3.72. The number of ether oxygens (including phenoxy) is 1. The van der Waals surface area contributed by atoms with Gasteiger partial charge in [0.1, 0.15) is 23.4 Å². The quantitative estimate of drug-likeness (QED) is 0.657. The minimum atomic E-state index is -0.815. The molecule has 1 aliphatic rings. The van der Waals surface area contributed by atoms with Crippen molar-refractivity contribution in [3.8, 4) is 17.1 Å². The van der Waals surface area contributed by atoms with Crippen LogP contribution in [0.5, 0.6) is 5.75 Å². The molecule has 3 aromatic rings. The molecule has 1 aliphatic carbocycles. The van der Waals surface area contributed by atoms with E-state index in [0.717, 1.165) is 29.9 Å². The summed E-state index contributed by atoms with van der Waals surface area (Å²) in [6, 6.07) is 7.33. The molecule has 0 spiro atoms. The Labute approximate surface area is 162 Å². The summed E-state index contributed by atoms with van der Waals surface area (Å²) < 4.78 is 21.5. The van der Waals surface area contributed by atoms with E-state index in [1.807, 2.05) is 42.5 Å². The van der Waals surface area contributed by atoms with Crippen LogP contribution in [0.2, 0.25) is 5.02 Å². The van der Waals surface area contributed by atoms with E-state index in [9.17, 15) is 4.39 Å². The Kier molecular flexibility index (Phi) is 4.91. The number of hydrogen-bond donors (Lipinski definition) is 1. The van der Waals surface area contributed by atoms with Crippen LogP contribution in [0.15, 0.2) is 36.7 Å². The number of pyridine rings is 2. The van der Waals surface area contributed by atoms with E-state index in [2.05, 4.69) is 15.3 Å². The Morgan fingerprint density at radius 3 is 2.93 bits per heavy atom. The molecule has 1 saturated carbocycles. The van der Waals surface area contributed by atoms with Gasteiger partial charge in [-0.15, -0.1) is 0 Å². The molecule has 1 fully saturated rings. The van der Waals surface area contributed by atoms with Crippen LogP contribution in [0.25, 0.3) is 17.0 Å². The topological polar surface area (TPSA) is 51.5 Å². The molecular formula is C20H22ClFN4O. The molecule has 3 heterocycles. The van der Waals surface area contributed by atoms with Crippen molar-refractivity contribution in [3.05, 3.63) is 41.7 Å². The normalized spacial score (nSPS) is 19.7. The third-order valence-corrected chi connectivity index (χ3v) is 4.99. The molecule has 142 valence electrons. The van der Waals surface area contributed by atoms with Crippen molar-refractivity contribution in [2.45, 2.75) is 51.4 Å². The van der Waals surface area contributed by atoms with Crippen LogP contribution in [0.3, 0.4) is 0 Å². The molecule has 7 heteroatoms. The van der Waals surface area contributed by atoms with E-state index in [-0.39, 0.29) is 12.1 Å². The number of halogens is 2. The van der Waals surface area contributed by atoms with Crippen LogP contribution >= 0.6 is 11.6 Å². The first-order valence-electron chi connectivity index (χ1n) is 9.22. The summed E-state index contributed by atoms with van der Waals surface area (Å²) in [4.78, 5) is 9.10. The number of alkyl halides is 1. The monoisotopic (exact) mass is 388 g/mol. The van der Waals surface area contributed by atoms with Crippen LogP contribution in [0, 0.1) is 0 Å². The summed E-state index contributed by atoms with van der Waals surface area (Å²) in [5.74, 6) is 1.28. The molecule has 0 amide bonds. The number of hydrogen-bond acceptors (Lipinski definition) is 4. The van der Waals surface area contributed by atoms with Gasteiger partial charge in [-0.1, -0.05) is 17.7 Å². The number of fused-ring (bicyclic) bond motifs is 1. The zero-order chi connectivity index (χ0) is 19.0. The molecule has 0 bridgehead atoms. The lowest BCUT2D eigenvalue weighted by Gasteiger charge is -2.16. The molecule has 0 aromatic carbocycles. The number of anilines is 1. The second-order valence-corrected chi connectivity index (χ2v) is 7.54. The molecule has 0 unspecified atom stereocenters. The number of aromatic nitrogens is 3. The molecule has 0 saturated heterocycles. The highest BCUT2D eigenvalue weighted by Crippen LogP contribution is 2.30. The fourth-order valence-electron chi connectivity index (χ4n) is 3.44. The van der Waals surface area contributed by atoms with Gasteiger partial charge in [-0.2, -0.15) is 0 Å². The largest absolute Gasteiger partial charge is 0.489 e. The lowest BCUT2D eigenvalue weighted by molar-refractivity contribution is 0.242. The average Bonchev–Trinajstić information content (AvgIpc) is 3.21. The highest BCUT2D eigenvalue weighted by molar-refractivity contribution is 6.32. The van der Waals surface area contributed by atoms with Crippen LogP contribution in [-0.4, -0.2) is 32.7 Å². The highest BCUT2D eigenvalue weighted by Gasteiger charge is 2.27. The number of nitrogens with zero attached hydrogens (tertiary/aromatic N) is 3. The van der Waals surface area contributed by atoms with E-state index in [0.29, 0.717) is 23.0 Å². The van der Waals surface area contributed by atoms with Gasteiger partial charge in [0.25, 0.3) is 0 Å². The van der Waals surface area contributed by atoms with E-state index >= 15 is 0 Å². The summed E-state index contributed by atoms with van der Waals surface area (Å²) in [7, 11) is 0. The molecule has 0 aliphatic heterocycles. The standard InChI is InChI=1S/C20H22ClFN4O/c1-12(2)27-18-9-20-23-10-17(26(20)11-13(18)21)16-7-4-8-19(25-16)24-15-6-3-5-14(15)22/h4,7-12,14-15H,3,5-6H2,1-2H3,(H,24,25)/t14-,15-/m0/s1. The predicted octanol–water partition coefficient (Wildman–Crippen LogP) is 5.14. The van der Waals surface area contributed by atoms with Crippen LogP contribution < -0.4 is 10.1 Å². The molecular weight excluding hydrogens is 367 g/mol. The Morgan fingerprint density at radius 1 is 1.33 bits per heavy atom. The minimum Gasteiger partial charge on any atom is -0.489 e. The molecule has 4 rings (SSSR count). The van der Waals surface area contributed by atoms with Gasteiger partial charge in [0.15, 0.2) is 0 Å². The van der Waals surface area contributed by atoms with E-state index in [1.54, 1.807) is 12.4 Å². The Bertz CT molecular complexity index is 958. The maximum atomic E-state index is 13.9. The molecule has 5 nitrogen and oxygen atoms in total. The number of imidazole rings is 1. The van der Waals surface area contributed by atoms with Gasteiger partial charge in [-0.3, -0.25) is 4.40 Å². The molecule has 2 atom stereocenters. The maximum Gasteiger partial charge on any atom is 0.143 e. The van der Waals surface area contributed by atoms with Crippen molar-refractivity contribution >= 4 is 23.1 Å². The van der Waals surface area contributed by atoms with Gasteiger partial charge in [-0.05, 0) is 45.2 Å². The number of rotatable bonds is 5. The summed E-state index contributed by atoms with van der Waals surface area (Å²) in [6.07, 6.45) is 5.10. The smallest absolute Gasteiger partial charge is 0.143 e. The summed E-state index contributed by atoms with van der Waals surface area (Å²) in [6.45, 7) is 3.90.